The lowest BCUT2D eigenvalue weighted by Crippen LogP contribution is -2.07. The molecule has 1 unspecified atom stereocenters. The first-order valence-corrected chi connectivity index (χ1v) is 7.05. The normalized spacial score (nSPS) is 12.3. The second-order valence-electron chi connectivity index (χ2n) is 4.84. The van der Waals surface area contributed by atoms with Crippen LogP contribution in [-0.2, 0) is 0 Å². The highest BCUT2D eigenvalue weighted by molar-refractivity contribution is 9.10. The summed E-state index contributed by atoms with van der Waals surface area (Å²) in [6.07, 6.45) is 0. The topological polar surface area (TPSA) is 12.0 Å². The van der Waals surface area contributed by atoms with Crippen LogP contribution in [0.3, 0.4) is 0 Å². The standard InChI is InChI=1S/C16H17BrFN/c1-10-8-15(9-11(2)16(10)17)19-12(3)13-4-6-14(18)7-5-13/h4-9,12,19H,1-3H3. The van der Waals surface area contributed by atoms with Gasteiger partial charge in [-0.15, -0.1) is 0 Å². The molecule has 0 heterocycles. The monoisotopic (exact) mass is 321 g/mol. The minimum atomic E-state index is -0.203. The largest absolute Gasteiger partial charge is 0.379 e. The van der Waals surface area contributed by atoms with Crippen LogP contribution in [0.2, 0.25) is 0 Å². The van der Waals surface area contributed by atoms with Crippen molar-refractivity contribution in [3.63, 3.8) is 0 Å². The fraction of sp³-hybridized carbons (Fsp3) is 0.250. The van der Waals surface area contributed by atoms with Gasteiger partial charge in [-0.2, -0.15) is 0 Å². The third kappa shape index (κ3) is 3.35. The second kappa shape index (κ2) is 5.74. The van der Waals surface area contributed by atoms with Gasteiger partial charge in [0.05, 0.1) is 0 Å². The second-order valence-corrected chi connectivity index (χ2v) is 5.63. The number of anilines is 1. The summed E-state index contributed by atoms with van der Waals surface area (Å²) >= 11 is 3.56. The minimum absolute atomic E-state index is 0.139. The van der Waals surface area contributed by atoms with E-state index in [1.807, 2.05) is 12.1 Å². The molecule has 0 spiro atoms. The van der Waals surface area contributed by atoms with E-state index in [1.54, 1.807) is 0 Å². The highest BCUT2D eigenvalue weighted by Gasteiger charge is 2.07. The van der Waals surface area contributed by atoms with E-state index in [0.29, 0.717) is 0 Å². The molecule has 0 saturated carbocycles. The summed E-state index contributed by atoms with van der Waals surface area (Å²) in [5.41, 5.74) is 4.55. The van der Waals surface area contributed by atoms with Crippen LogP contribution in [-0.4, -0.2) is 0 Å². The van der Waals surface area contributed by atoms with E-state index in [-0.39, 0.29) is 11.9 Å². The van der Waals surface area contributed by atoms with Gasteiger partial charge in [0.15, 0.2) is 0 Å². The van der Waals surface area contributed by atoms with Gasteiger partial charge in [-0.05, 0) is 61.7 Å². The molecular formula is C16H17BrFN. The van der Waals surface area contributed by atoms with E-state index in [9.17, 15) is 4.39 Å². The van der Waals surface area contributed by atoms with Gasteiger partial charge in [-0.1, -0.05) is 28.1 Å². The van der Waals surface area contributed by atoms with Crippen LogP contribution >= 0.6 is 15.9 Å². The molecular weight excluding hydrogens is 305 g/mol. The Hall–Kier alpha value is -1.35. The molecule has 0 aromatic heterocycles. The Labute approximate surface area is 122 Å². The predicted molar refractivity (Wildman–Crippen MR) is 82.1 cm³/mol. The zero-order chi connectivity index (χ0) is 14.0. The Bertz CT molecular complexity index is 555. The zero-order valence-corrected chi connectivity index (χ0v) is 12.9. The van der Waals surface area contributed by atoms with Crippen molar-refractivity contribution in [2.24, 2.45) is 0 Å². The Morgan fingerprint density at radius 2 is 1.58 bits per heavy atom. The number of benzene rings is 2. The Morgan fingerprint density at radius 1 is 1.05 bits per heavy atom. The molecule has 2 aromatic rings. The summed E-state index contributed by atoms with van der Waals surface area (Å²) in [6, 6.07) is 11.0. The van der Waals surface area contributed by atoms with Gasteiger partial charge >= 0.3 is 0 Å². The van der Waals surface area contributed by atoms with Crippen molar-refractivity contribution in [3.8, 4) is 0 Å². The van der Waals surface area contributed by atoms with Gasteiger partial charge in [0, 0.05) is 16.2 Å². The van der Waals surface area contributed by atoms with Crippen molar-refractivity contribution < 1.29 is 4.39 Å². The van der Waals surface area contributed by atoms with Gasteiger partial charge in [0.1, 0.15) is 5.82 Å². The smallest absolute Gasteiger partial charge is 0.123 e. The maximum absolute atomic E-state index is 12.9. The maximum Gasteiger partial charge on any atom is 0.123 e. The summed E-state index contributed by atoms with van der Waals surface area (Å²) in [6.45, 7) is 6.22. The van der Waals surface area contributed by atoms with Gasteiger partial charge < -0.3 is 5.32 Å². The molecule has 1 atom stereocenters. The SMILES string of the molecule is Cc1cc(NC(C)c2ccc(F)cc2)cc(C)c1Br. The number of hydrogen-bond acceptors (Lipinski definition) is 1. The van der Waals surface area contributed by atoms with Crippen molar-refractivity contribution in [1.29, 1.82) is 0 Å². The molecule has 2 rings (SSSR count). The molecule has 0 aliphatic heterocycles. The number of rotatable bonds is 3. The molecule has 0 saturated heterocycles. The molecule has 0 aliphatic rings. The van der Waals surface area contributed by atoms with Crippen molar-refractivity contribution in [1.82, 2.24) is 0 Å². The average Bonchev–Trinajstić information content (AvgIpc) is 2.36. The molecule has 0 amide bonds. The molecule has 1 nitrogen and oxygen atoms in total. The summed E-state index contributed by atoms with van der Waals surface area (Å²) in [4.78, 5) is 0. The van der Waals surface area contributed by atoms with Crippen LogP contribution in [0.1, 0.15) is 29.7 Å². The molecule has 0 aliphatic carbocycles. The number of hydrogen-bond donors (Lipinski definition) is 1. The molecule has 1 N–H and O–H groups in total. The van der Waals surface area contributed by atoms with E-state index in [1.165, 1.54) is 23.3 Å². The highest BCUT2D eigenvalue weighted by atomic mass is 79.9. The third-order valence-corrected chi connectivity index (χ3v) is 4.44. The summed E-state index contributed by atoms with van der Waals surface area (Å²) < 4.78 is 14.0. The lowest BCUT2D eigenvalue weighted by molar-refractivity contribution is 0.626. The number of halogens is 2. The Morgan fingerprint density at radius 3 is 2.11 bits per heavy atom. The lowest BCUT2D eigenvalue weighted by Gasteiger charge is -2.17. The zero-order valence-electron chi connectivity index (χ0n) is 11.3. The fourth-order valence-electron chi connectivity index (χ4n) is 2.11. The van der Waals surface area contributed by atoms with E-state index in [4.69, 9.17) is 0 Å². The molecule has 19 heavy (non-hydrogen) atoms. The Balaban J connectivity index is 2.19. The molecule has 0 radical (unpaired) electrons. The third-order valence-electron chi connectivity index (χ3n) is 3.19. The van der Waals surface area contributed by atoms with E-state index in [0.717, 1.165) is 15.7 Å². The van der Waals surface area contributed by atoms with Crippen LogP contribution in [0.4, 0.5) is 10.1 Å². The quantitative estimate of drug-likeness (QED) is 0.800. The van der Waals surface area contributed by atoms with Crippen molar-refractivity contribution in [2.45, 2.75) is 26.8 Å². The average molecular weight is 322 g/mol. The van der Waals surface area contributed by atoms with Gasteiger partial charge in [-0.3, -0.25) is 0 Å². The molecule has 2 aromatic carbocycles. The van der Waals surface area contributed by atoms with Crippen LogP contribution in [0.25, 0.3) is 0 Å². The van der Waals surface area contributed by atoms with Gasteiger partial charge in [-0.25, -0.2) is 4.39 Å². The summed E-state index contributed by atoms with van der Waals surface area (Å²) in [5, 5.41) is 3.44. The van der Waals surface area contributed by atoms with E-state index < -0.39 is 0 Å². The van der Waals surface area contributed by atoms with Crippen LogP contribution in [0.15, 0.2) is 40.9 Å². The minimum Gasteiger partial charge on any atom is -0.379 e. The first-order valence-electron chi connectivity index (χ1n) is 6.26. The van der Waals surface area contributed by atoms with Crippen molar-refractivity contribution >= 4 is 21.6 Å². The lowest BCUT2D eigenvalue weighted by atomic mass is 10.1. The summed E-state index contributed by atoms with van der Waals surface area (Å²) in [5.74, 6) is -0.203. The van der Waals surface area contributed by atoms with Gasteiger partial charge in [0.2, 0.25) is 0 Å². The molecule has 0 bridgehead atoms. The van der Waals surface area contributed by atoms with Crippen molar-refractivity contribution in [2.75, 3.05) is 5.32 Å². The maximum atomic E-state index is 12.9. The predicted octanol–water partition coefficient (Wildman–Crippen LogP) is 5.38. The highest BCUT2D eigenvalue weighted by Crippen LogP contribution is 2.27. The van der Waals surface area contributed by atoms with Crippen LogP contribution < -0.4 is 5.32 Å². The summed E-state index contributed by atoms with van der Waals surface area (Å²) in [7, 11) is 0. The Kier molecular flexibility index (Phi) is 4.25. The first kappa shape index (κ1) is 14.1. The van der Waals surface area contributed by atoms with Crippen molar-refractivity contribution in [3.05, 3.63) is 63.4 Å². The first-order chi connectivity index (χ1) is 8.97. The molecule has 3 heteroatoms. The molecule has 100 valence electrons. The fourth-order valence-corrected chi connectivity index (χ4v) is 2.34. The van der Waals surface area contributed by atoms with E-state index >= 15 is 0 Å². The number of nitrogens with one attached hydrogen (secondary N) is 1. The van der Waals surface area contributed by atoms with Gasteiger partial charge in [0.25, 0.3) is 0 Å². The van der Waals surface area contributed by atoms with Crippen LogP contribution in [0, 0.1) is 19.7 Å². The van der Waals surface area contributed by atoms with E-state index in [2.05, 4.69) is 54.2 Å². The van der Waals surface area contributed by atoms with Crippen LogP contribution in [0.5, 0.6) is 0 Å². The molecule has 0 fully saturated rings. The number of aryl methyl sites for hydroxylation is 2.